The average Bonchev–Trinajstić information content (AvgIpc) is 2.82. The van der Waals surface area contributed by atoms with E-state index in [-0.39, 0.29) is 17.9 Å². The van der Waals surface area contributed by atoms with Crippen molar-refractivity contribution in [2.75, 3.05) is 13.1 Å². The topological polar surface area (TPSA) is 49.8 Å². The van der Waals surface area contributed by atoms with Crippen molar-refractivity contribution in [3.8, 4) is 5.75 Å². The van der Waals surface area contributed by atoms with Gasteiger partial charge in [0, 0.05) is 18.5 Å². The smallest absolute Gasteiger partial charge is 0.419 e. The number of rotatable bonds is 3. The molecule has 122 valence electrons. The quantitative estimate of drug-likeness (QED) is 0.869. The highest BCUT2D eigenvalue weighted by Crippen LogP contribution is 2.38. The van der Waals surface area contributed by atoms with Gasteiger partial charge in [0.1, 0.15) is 5.75 Å². The fourth-order valence-corrected chi connectivity index (χ4v) is 2.16. The largest absolute Gasteiger partial charge is 0.435 e. The molecule has 4 nitrogen and oxygen atoms in total. The number of nitrogens with zero attached hydrogens (tertiary/aromatic N) is 1. The summed E-state index contributed by atoms with van der Waals surface area (Å²) in [5.74, 6) is -0.886. The second-order valence-electron chi connectivity index (χ2n) is 4.91. The number of amides is 1. The third-order valence-corrected chi connectivity index (χ3v) is 3.39. The highest BCUT2D eigenvalue weighted by Gasteiger charge is 2.57. The Kier molecular flexibility index (Phi) is 4.28. The van der Waals surface area contributed by atoms with Crippen LogP contribution in [0.1, 0.15) is 16.8 Å². The second kappa shape index (κ2) is 5.71. The first-order valence-electron chi connectivity index (χ1n) is 6.26. The van der Waals surface area contributed by atoms with Crippen LogP contribution in [0.3, 0.4) is 0 Å². The molecule has 0 bridgehead atoms. The number of carbonyl (C=O) groups is 1. The van der Waals surface area contributed by atoms with Crippen LogP contribution in [-0.2, 0) is 0 Å². The summed E-state index contributed by atoms with van der Waals surface area (Å²) in [6.07, 6.45) is -5.42. The summed E-state index contributed by atoms with van der Waals surface area (Å²) in [7, 11) is 0. The van der Waals surface area contributed by atoms with Gasteiger partial charge in [-0.15, -0.1) is 0 Å². The zero-order valence-corrected chi connectivity index (χ0v) is 11.1. The highest BCUT2D eigenvalue weighted by molar-refractivity contribution is 5.94. The van der Waals surface area contributed by atoms with Crippen LogP contribution in [0.25, 0.3) is 0 Å². The van der Waals surface area contributed by atoms with Crippen LogP contribution in [0.2, 0.25) is 0 Å². The van der Waals surface area contributed by atoms with Gasteiger partial charge in [-0.1, -0.05) is 0 Å². The lowest BCUT2D eigenvalue weighted by Gasteiger charge is -2.25. The summed E-state index contributed by atoms with van der Waals surface area (Å²) >= 11 is 0. The van der Waals surface area contributed by atoms with E-state index in [1.807, 2.05) is 0 Å². The van der Waals surface area contributed by atoms with Gasteiger partial charge in [0.2, 0.25) is 0 Å². The molecule has 1 amide bonds. The average molecular weight is 325 g/mol. The predicted octanol–water partition coefficient (Wildman–Crippen LogP) is 2.43. The Balaban J connectivity index is 2.07. The van der Waals surface area contributed by atoms with E-state index in [0.29, 0.717) is 0 Å². The van der Waals surface area contributed by atoms with Gasteiger partial charge in [-0.25, -0.2) is 0 Å². The molecule has 1 atom stereocenters. The van der Waals surface area contributed by atoms with E-state index in [1.165, 1.54) is 12.1 Å². The molecule has 0 saturated carbocycles. The van der Waals surface area contributed by atoms with E-state index >= 15 is 0 Å². The van der Waals surface area contributed by atoms with Gasteiger partial charge in [-0.2, -0.15) is 22.0 Å². The van der Waals surface area contributed by atoms with Gasteiger partial charge in [0.05, 0.1) is 6.54 Å². The molecule has 1 aromatic rings. The molecular weight excluding hydrogens is 313 g/mol. The van der Waals surface area contributed by atoms with Gasteiger partial charge >= 0.3 is 12.8 Å². The summed E-state index contributed by atoms with van der Waals surface area (Å²) in [4.78, 5) is 12.9. The fraction of sp³-hybridized carbons (Fsp3) is 0.462. The molecule has 1 saturated heterocycles. The van der Waals surface area contributed by atoms with Crippen molar-refractivity contribution >= 4 is 5.91 Å². The molecule has 2 rings (SSSR count). The maximum atomic E-state index is 12.7. The van der Waals surface area contributed by atoms with Gasteiger partial charge in [0.15, 0.2) is 5.60 Å². The van der Waals surface area contributed by atoms with E-state index in [1.54, 1.807) is 0 Å². The summed E-state index contributed by atoms with van der Waals surface area (Å²) in [5.41, 5.74) is -2.89. The Morgan fingerprint density at radius 1 is 1.27 bits per heavy atom. The standard InChI is InChI=1S/C13H12F5NO3/c14-11(15)22-9-3-1-8(2-4-9)10(20)19-6-5-12(21,7-19)13(16,17)18/h1-4,11,21H,5-7H2. The number of benzene rings is 1. The molecule has 9 heteroatoms. The van der Waals surface area contributed by atoms with Gasteiger partial charge in [-0.3, -0.25) is 4.79 Å². The predicted molar refractivity (Wildman–Crippen MR) is 64.6 cm³/mol. The first-order chi connectivity index (χ1) is 10.1. The molecule has 1 aliphatic heterocycles. The number of β-amino-alcohol motifs (C(OH)–C–C–N with tert-alkyl or cyclic N) is 1. The molecule has 0 radical (unpaired) electrons. The number of alkyl halides is 5. The van der Waals surface area contributed by atoms with Crippen LogP contribution in [-0.4, -0.2) is 47.4 Å². The minimum Gasteiger partial charge on any atom is -0.435 e. The number of hydrogen-bond acceptors (Lipinski definition) is 3. The van der Waals surface area contributed by atoms with Crippen molar-refractivity contribution in [1.29, 1.82) is 0 Å². The Bertz CT molecular complexity index is 546. The molecule has 1 unspecified atom stereocenters. The van der Waals surface area contributed by atoms with Crippen LogP contribution in [0.5, 0.6) is 5.75 Å². The minimum atomic E-state index is -4.82. The number of aliphatic hydroxyl groups is 1. The monoisotopic (exact) mass is 325 g/mol. The summed E-state index contributed by atoms with van der Waals surface area (Å²) < 4.78 is 66.1. The molecule has 1 heterocycles. The zero-order chi connectivity index (χ0) is 16.5. The highest BCUT2D eigenvalue weighted by atomic mass is 19.4. The summed E-state index contributed by atoms with van der Waals surface area (Å²) in [6.45, 7) is -4.11. The molecule has 1 fully saturated rings. The van der Waals surface area contributed by atoms with Gasteiger partial charge in [0.25, 0.3) is 5.91 Å². The lowest BCUT2D eigenvalue weighted by molar-refractivity contribution is -0.253. The van der Waals surface area contributed by atoms with E-state index in [4.69, 9.17) is 0 Å². The minimum absolute atomic E-state index is 0.0213. The molecule has 1 N–H and O–H groups in total. The van der Waals surface area contributed by atoms with Crippen molar-refractivity contribution in [3.63, 3.8) is 0 Å². The molecule has 0 aromatic heterocycles. The third kappa shape index (κ3) is 3.29. The van der Waals surface area contributed by atoms with Crippen molar-refractivity contribution in [2.24, 2.45) is 0 Å². The molecule has 0 aliphatic carbocycles. The molecule has 1 aliphatic rings. The molecule has 22 heavy (non-hydrogen) atoms. The Morgan fingerprint density at radius 2 is 1.86 bits per heavy atom. The SMILES string of the molecule is O=C(c1ccc(OC(F)F)cc1)N1CCC(O)(C(F)(F)F)C1. The van der Waals surface area contributed by atoms with Crippen molar-refractivity contribution in [2.45, 2.75) is 24.8 Å². The number of halogens is 5. The maximum Gasteiger partial charge on any atom is 0.419 e. The third-order valence-electron chi connectivity index (χ3n) is 3.39. The van der Waals surface area contributed by atoms with E-state index < -0.39 is 37.3 Å². The lowest BCUT2D eigenvalue weighted by atomic mass is 10.0. The van der Waals surface area contributed by atoms with Crippen LogP contribution in [0, 0.1) is 0 Å². The van der Waals surface area contributed by atoms with Crippen LogP contribution in [0.15, 0.2) is 24.3 Å². The van der Waals surface area contributed by atoms with E-state index in [9.17, 15) is 31.9 Å². The Hall–Kier alpha value is -1.90. The Labute approximate surface area is 122 Å². The normalized spacial score (nSPS) is 22.2. The number of hydrogen-bond donors (Lipinski definition) is 1. The zero-order valence-electron chi connectivity index (χ0n) is 11.1. The number of carbonyl (C=O) groups excluding carboxylic acids is 1. The molecular formula is C13H12F5NO3. The Morgan fingerprint density at radius 3 is 2.32 bits per heavy atom. The van der Waals surface area contributed by atoms with Crippen LogP contribution < -0.4 is 4.74 Å². The maximum absolute atomic E-state index is 12.7. The van der Waals surface area contributed by atoms with E-state index in [0.717, 1.165) is 17.0 Å². The van der Waals surface area contributed by atoms with E-state index in [2.05, 4.69) is 4.74 Å². The van der Waals surface area contributed by atoms with Gasteiger partial charge < -0.3 is 14.7 Å². The first-order valence-corrected chi connectivity index (χ1v) is 6.26. The summed E-state index contributed by atoms with van der Waals surface area (Å²) in [5, 5.41) is 9.52. The number of likely N-dealkylation sites (tertiary alicyclic amines) is 1. The number of ether oxygens (including phenoxy) is 1. The first kappa shape index (κ1) is 16.5. The van der Waals surface area contributed by atoms with Crippen molar-refractivity contribution < 1.29 is 36.6 Å². The molecule has 0 spiro atoms. The van der Waals surface area contributed by atoms with Gasteiger partial charge in [-0.05, 0) is 24.3 Å². The van der Waals surface area contributed by atoms with Crippen LogP contribution >= 0.6 is 0 Å². The lowest BCUT2D eigenvalue weighted by Crippen LogP contribution is -2.48. The fourth-order valence-electron chi connectivity index (χ4n) is 2.16. The second-order valence-corrected chi connectivity index (χ2v) is 4.91. The van der Waals surface area contributed by atoms with Crippen LogP contribution in [0.4, 0.5) is 22.0 Å². The van der Waals surface area contributed by atoms with Crippen molar-refractivity contribution in [1.82, 2.24) is 4.90 Å². The summed E-state index contributed by atoms with van der Waals surface area (Å²) in [6, 6.07) is 4.58. The molecule has 1 aromatic carbocycles. The van der Waals surface area contributed by atoms with Crippen molar-refractivity contribution in [3.05, 3.63) is 29.8 Å².